The van der Waals surface area contributed by atoms with Crippen LogP contribution < -0.4 is 21.4 Å². The fraction of sp³-hybridized carbons (Fsp3) is 0.167. The number of thiocarbonyl (C=S) groups is 1. The summed E-state index contributed by atoms with van der Waals surface area (Å²) in [5, 5.41) is 11.8. The number of hydrogen-bond acceptors (Lipinski definition) is 4. The molecule has 1 amide bonds. The van der Waals surface area contributed by atoms with Crippen molar-refractivity contribution < 1.29 is 4.79 Å². The van der Waals surface area contributed by atoms with E-state index in [0.717, 1.165) is 40.2 Å². The zero-order valence-electron chi connectivity index (χ0n) is 17.3. The van der Waals surface area contributed by atoms with Gasteiger partial charge in [-0.05, 0) is 72.7 Å². The van der Waals surface area contributed by atoms with Gasteiger partial charge in [-0.25, -0.2) is 5.01 Å². The third kappa shape index (κ3) is 6.06. The number of amides is 1. The first kappa shape index (κ1) is 22.3. The Morgan fingerprint density at radius 2 is 1.44 bits per heavy atom. The number of halogens is 1. The van der Waals surface area contributed by atoms with Crippen LogP contribution in [0.25, 0.3) is 0 Å². The molecular formula is C24H24BrN5OS. The van der Waals surface area contributed by atoms with Gasteiger partial charge in [-0.15, -0.1) is 0 Å². The van der Waals surface area contributed by atoms with E-state index in [0.29, 0.717) is 5.11 Å². The predicted octanol–water partition coefficient (Wildman–Crippen LogP) is 5.15. The second-order valence-electron chi connectivity index (χ2n) is 7.47. The maximum absolute atomic E-state index is 13.2. The molecule has 1 saturated heterocycles. The van der Waals surface area contributed by atoms with Gasteiger partial charge in [-0.2, -0.15) is 0 Å². The molecule has 3 aromatic carbocycles. The van der Waals surface area contributed by atoms with Crippen LogP contribution in [0, 0.1) is 0 Å². The molecule has 0 aliphatic carbocycles. The predicted molar refractivity (Wildman–Crippen MR) is 138 cm³/mol. The molecule has 1 fully saturated rings. The molecule has 0 spiro atoms. The minimum Gasteiger partial charge on any atom is -0.347 e. The van der Waals surface area contributed by atoms with Gasteiger partial charge in [0.2, 0.25) is 0 Å². The number of carbonyl (C=O) groups excluding carboxylic acids is 1. The van der Waals surface area contributed by atoms with Gasteiger partial charge in [0.15, 0.2) is 5.11 Å². The molecule has 0 saturated carbocycles. The fourth-order valence-electron chi connectivity index (χ4n) is 3.23. The molecular weight excluding hydrogens is 486 g/mol. The number of benzene rings is 3. The topological polar surface area (TPSA) is 68.4 Å². The number of nitrogens with zero attached hydrogens (tertiary/aromatic N) is 1. The molecule has 1 heterocycles. The van der Waals surface area contributed by atoms with E-state index in [1.165, 1.54) is 6.42 Å². The van der Waals surface area contributed by atoms with Crippen molar-refractivity contribution >= 4 is 56.2 Å². The highest BCUT2D eigenvalue weighted by Gasteiger charge is 2.22. The smallest absolute Gasteiger partial charge is 0.251 e. The van der Waals surface area contributed by atoms with Gasteiger partial charge in [-0.3, -0.25) is 4.79 Å². The Hall–Kier alpha value is -2.94. The Morgan fingerprint density at radius 1 is 0.844 bits per heavy atom. The van der Waals surface area contributed by atoms with Gasteiger partial charge in [0.05, 0.1) is 0 Å². The summed E-state index contributed by atoms with van der Waals surface area (Å²) in [5.41, 5.74) is 6.72. The third-order valence-corrected chi connectivity index (χ3v) is 5.82. The van der Waals surface area contributed by atoms with Gasteiger partial charge in [-0.1, -0.05) is 46.3 Å². The quantitative estimate of drug-likeness (QED) is 0.330. The molecule has 0 radical (unpaired) electrons. The number of hydrogen-bond donors (Lipinski definition) is 4. The second kappa shape index (κ2) is 10.6. The first-order chi connectivity index (χ1) is 15.6. The van der Waals surface area contributed by atoms with Gasteiger partial charge < -0.3 is 21.4 Å². The zero-order valence-corrected chi connectivity index (χ0v) is 19.7. The molecule has 1 unspecified atom stereocenters. The van der Waals surface area contributed by atoms with Crippen molar-refractivity contribution in [3.8, 4) is 0 Å². The average molecular weight is 510 g/mol. The highest BCUT2D eigenvalue weighted by atomic mass is 79.9. The number of nitrogens with one attached hydrogen (secondary N) is 4. The lowest BCUT2D eigenvalue weighted by molar-refractivity contribution is -0.117. The summed E-state index contributed by atoms with van der Waals surface area (Å²) in [7, 11) is 0. The summed E-state index contributed by atoms with van der Waals surface area (Å²) in [6, 6.07) is 24.2. The van der Waals surface area contributed by atoms with E-state index in [1.54, 1.807) is 0 Å². The number of rotatable bonds is 7. The fourth-order valence-corrected chi connectivity index (χ4v) is 3.73. The molecule has 0 bridgehead atoms. The maximum Gasteiger partial charge on any atom is 0.251 e. The first-order valence-corrected chi connectivity index (χ1v) is 11.6. The van der Waals surface area contributed by atoms with Crippen molar-refractivity contribution in [3.63, 3.8) is 0 Å². The molecule has 6 nitrogen and oxygen atoms in total. The summed E-state index contributed by atoms with van der Waals surface area (Å²) in [6.45, 7) is 2.11. The molecule has 8 heteroatoms. The van der Waals surface area contributed by atoms with E-state index in [1.807, 2.05) is 78.9 Å². The number of anilines is 3. The maximum atomic E-state index is 13.2. The van der Waals surface area contributed by atoms with Crippen LogP contribution >= 0.6 is 28.1 Å². The first-order valence-electron chi connectivity index (χ1n) is 10.4. The molecule has 164 valence electrons. The van der Waals surface area contributed by atoms with E-state index in [-0.39, 0.29) is 5.91 Å². The van der Waals surface area contributed by atoms with Crippen molar-refractivity contribution in [3.05, 3.63) is 88.9 Å². The molecule has 3 aromatic rings. The molecule has 32 heavy (non-hydrogen) atoms. The van der Waals surface area contributed by atoms with Gasteiger partial charge >= 0.3 is 0 Å². The summed E-state index contributed by atoms with van der Waals surface area (Å²) in [5.74, 6) is -0.195. The van der Waals surface area contributed by atoms with Crippen molar-refractivity contribution in [2.75, 3.05) is 29.1 Å². The molecule has 0 aromatic heterocycles. The van der Waals surface area contributed by atoms with Crippen LogP contribution in [0.5, 0.6) is 0 Å². The van der Waals surface area contributed by atoms with Gasteiger partial charge in [0.1, 0.15) is 6.04 Å². The summed E-state index contributed by atoms with van der Waals surface area (Å²) < 4.78 is 0.981. The normalized spacial score (nSPS) is 14.0. The molecule has 1 atom stereocenters. The standard InChI is InChI=1S/C24H24BrN5OS/c25-18-7-9-20(10-8-18)27-24(32)28-22(17-5-2-1-3-6-17)23(31)26-19-11-13-21(14-12-19)29-30-15-4-16-30/h1-3,5-14,22,29H,4,15-16H2,(H,26,31)(H2,27,28,32). The Bertz CT molecular complexity index is 1060. The lowest BCUT2D eigenvalue weighted by Gasteiger charge is -2.31. The number of carbonyl (C=O) groups is 1. The van der Waals surface area contributed by atoms with Crippen LogP contribution in [0.1, 0.15) is 18.0 Å². The van der Waals surface area contributed by atoms with Crippen molar-refractivity contribution in [1.82, 2.24) is 10.3 Å². The lowest BCUT2D eigenvalue weighted by atomic mass is 10.1. The van der Waals surface area contributed by atoms with Crippen molar-refractivity contribution in [2.24, 2.45) is 0 Å². The average Bonchev–Trinajstić information content (AvgIpc) is 2.78. The summed E-state index contributed by atoms with van der Waals surface area (Å²) >= 11 is 8.90. The Morgan fingerprint density at radius 3 is 2.06 bits per heavy atom. The van der Waals surface area contributed by atoms with Crippen LogP contribution in [0.4, 0.5) is 17.1 Å². The highest BCUT2D eigenvalue weighted by molar-refractivity contribution is 9.10. The third-order valence-electron chi connectivity index (χ3n) is 5.07. The Labute approximate surface area is 201 Å². The Kier molecular flexibility index (Phi) is 7.36. The summed E-state index contributed by atoms with van der Waals surface area (Å²) in [6.07, 6.45) is 1.22. The van der Waals surface area contributed by atoms with Crippen LogP contribution in [0.15, 0.2) is 83.3 Å². The van der Waals surface area contributed by atoms with Gasteiger partial charge in [0, 0.05) is 34.6 Å². The van der Waals surface area contributed by atoms with E-state index in [2.05, 4.69) is 42.3 Å². The molecule has 1 aliphatic heterocycles. The molecule has 4 N–H and O–H groups in total. The van der Waals surface area contributed by atoms with E-state index in [4.69, 9.17) is 12.2 Å². The minimum absolute atomic E-state index is 0.195. The SMILES string of the molecule is O=C(Nc1ccc(NN2CCC2)cc1)C(NC(=S)Nc1ccc(Br)cc1)c1ccccc1. The van der Waals surface area contributed by atoms with E-state index >= 15 is 0 Å². The van der Waals surface area contributed by atoms with E-state index in [9.17, 15) is 4.79 Å². The summed E-state index contributed by atoms with van der Waals surface area (Å²) in [4.78, 5) is 13.2. The minimum atomic E-state index is -0.648. The largest absolute Gasteiger partial charge is 0.347 e. The molecule has 4 rings (SSSR count). The second-order valence-corrected chi connectivity index (χ2v) is 8.79. The van der Waals surface area contributed by atoms with Crippen molar-refractivity contribution in [2.45, 2.75) is 12.5 Å². The van der Waals surface area contributed by atoms with Crippen LogP contribution in [0.2, 0.25) is 0 Å². The lowest BCUT2D eigenvalue weighted by Crippen LogP contribution is -2.41. The van der Waals surface area contributed by atoms with E-state index < -0.39 is 6.04 Å². The molecule has 1 aliphatic rings. The van der Waals surface area contributed by atoms with Crippen molar-refractivity contribution in [1.29, 1.82) is 0 Å². The number of hydrazine groups is 1. The van der Waals surface area contributed by atoms with Crippen LogP contribution in [-0.2, 0) is 4.79 Å². The monoisotopic (exact) mass is 509 g/mol. The van der Waals surface area contributed by atoms with Gasteiger partial charge in [0.25, 0.3) is 5.91 Å². The zero-order chi connectivity index (χ0) is 22.3. The highest BCUT2D eigenvalue weighted by Crippen LogP contribution is 2.20. The van der Waals surface area contributed by atoms with Crippen LogP contribution in [0.3, 0.4) is 0 Å². The Balaban J connectivity index is 1.43. The van der Waals surface area contributed by atoms with Crippen LogP contribution in [-0.4, -0.2) is 29.1 Å².